The standard InChI is InChI=1S/C29H28Cl2N4O3S/c1-19-12-20(2)14-25(13-19)35-21(3)15-23(22(35)4)17-32-33-29(36)18-34(24-10-11-27(30)28(31)16-24)39(37,38)26-8-6-5-7-9-26/h5-17H,18H2,1-4H3,(H,33,36)/b32-17+. The van der Waals surface area contributed by atoms with Gasteiger partial charge in [-0.1, -0.05) is 47.5 Å². The highest BCUT2D eigenvalue weighted by Crippen LogP contribution is 2.30. The molecule has 0 bridgehead atoms. The lowest BCUT2D eigenvalue weighted by Gasteiger charge is -2.24. The normalized spacial score (nSPS) is 11.6. The number of carbonyl (C=O) groups is 1. The van der Waals surface area contributed by atoms with Gasteiger partial charge in [0, 0.05) is 22.6 Å². The van der Waals surface area contributed by atoms with E-state index in [0.29, 0.717) is 0 Å². The van der Waals surface area contributed by atoms with Crippen LogP contribution in [0.15, 0.2) is 82.8 Å². The van der Waals surface area contributed by atoms with E-state index in [4.69, 9.17) is 23.2 Å². The largest absolute Gasteiger partial charge is 0.318 e. The van der Waals surface area contributed by atoms with E-state index < -0.39 is 22.5 Å². The molecule has 0 radical (unpaired) electrons. The number of hydrogen-bond acceptors (Lipinski definition) is 4. The number of hydrogen-bond donors (Lipinski definition) is 1. The molecule has 0 aliphatic heterocycles. The van der Waals surface area contributed by atoms with Crippen molar-refractivity contribution < 1.29 is 13.2 Å². The average molecular weight is 584 g/mol. The number of nitrogens with zero attached hydrogens (tertiary/aromatic N) is 3. The quantitative estimate of drug-likeness (QED) is 0.194. The molecule has 0 atom stereocenters. The van der Waals surface area contributed by atoms with Crippen LogP contribution in [0.1, 0.15) is 28.1 Å². The first-order valence-electron chi connectivity index (χ1n) is 12.1. The van der Waals surface area contributed by atoms with E-state index in [2.05, 4.69) is 47.1 Å². The summed E-state index contributed by atoms with van der Waals surface area (Å²) in [6, 6.07) is 20.5. The van der Waals surface area contributed by atoms with E-state index in [9.17, 15) is 13.2 Å². The Morgan fingerprint density at radius 3 is 2.23 bits per heavy atom. The molecule has 202 valence electrons. The molecule has 0 saturated carbocycles. The summed E-state index contributed by atoms with van der Waals surface area (Å²) in [6.07, 6.45) is 1.55. The van der Waals surface area contributed by atoms with Crippen molar-refractivity contribution in [2.24, 2.45) is 5.10 Å². The molecule has 4 aromatic rings. The molecule has 0 aliphatic carbocycles. The molecule has 0 saturated heterocycles. The highest BCUT2D eigenvalue weighted by atomic mass is 35.5. The van der Waals surface area contributed by atoms with E-state index in [1.54, 1.807) is 24.4 Å². The Kier molecular flexibility index (Phi) is 8.49. The Labute approximate surface area is 238 Å². The molecule has 4 rings (SSSR count). The summed E-state index contributed by atoms with van der Waals surface area (Å²) in [5, 5.41) is 4.55. The van der Waals surface area contributed by atoms with Crippen LogP contribution in [0.25, 0.3) is 5.69 Å². The number of amides is 1. The second kappa shape index (κ2) is 11.7. The second-order valence-electron chi connectivity index (χ2n) is 9.22. The zero-order valence-corrected chi connectivity index (χ0v) is 24.3. The first-order chi connectivity index (χ1) is 18.5. The van der Waals surface area contributed by atoms with Gasteiger partial charge in [-0.15, -0.1) is 0 Å². The zero-order chi connectivity index (χ0) is 28.3. The van der Waals surface area contributed by atoms with Gasteiger partial charge in [0.15, 0.2) is 0 Å². The van der Waals surface area contributed by atoms with Crippen molar-refractivity contribution in [1.29, 1.82) is 0 Å². The Balaban J connectivity index is 1.57. The molecule has 7 nitrogen and oxygen atoms in total. The molecule has 0 unspecified atom stereocenters. The molecule has 0 aliphatic rings. The highest BCUT2D eigenvalue weighted by Gasteiger charge is 2.27. The van der Waals surface area contributed by atoms with Crippen molar-refractivity contribution in [3.63, 3.8) is 0 Å². The molecule has 10 heteroatoms. The third-order valence-electron chi connectivity index (χ3n) is 6.14. The van der Waals surface area contributed by atoms with Crippen LogP contribution in [0, 0.1) is 27.7 Å². The lowest BCUT2D eigenvalue weighted by atomic mass is 10.1. The van der Waals surface area contributed by atoms with Gasteiger partial charge in [-0.3, -0.25) is 9.10 Å². The van der Waals surface area contributed by atoms with Crippen LogP contribution in [0.4, 0.5) is 5.69 Å². The number of rotatable bonds is 8. The number of hydrazone groups is 1. The van der Waals surface area contributed by atoms with Crippen molar-refractivity contribution in [3.05, 3.63) is 111 Å². The van der Waals surface area contributed by atoms with E-state index >= 15 is 0 Å². The molecule has 3 aromatic carbocycles. The first-order valence-corrected chi connectivity index (χ1v) is 14.3. The van der Waals surface area contributed by atoms with Crippen LogP contribution < -0.4 is 9.73 Å². The fourth-order valence-corrected chi connectivity index (χ4v) is 6.14. The number of aryl methyl sites for hydroxylation is 3. The summed E-state index contributed by atoms with van der Waals surface area (Å²) in [7, 11) is -4.09. The van der Waals surface area contributed by atoms with E-state index in [1.165, 1.54) is 30.3 Å². The van der Waals surface area contributed by atoms with E-state index in [1.807, 2.05) is 19.9 Å². The molecular weight excluding hydrogens is 555 g/mol. The van der Waals surface area contributed by atoms with Crippen molar-refractivity contribution >= 4 is 51.0 Å². The van der Waals surface area contributed by atoms with Crippen molar-refractivity contribution in [2.75, 3.05) is 10.8 Å². The van der Waals surface area contributed by atoms with Gasteiger partial charge < -0.3 is 4.57 Å². The Morgan fingerprint density at radius 2 is 1.59 bits per heavy atom. The van der Waals surface area contributed by atoms with Crippen molar-refractivity contribution in [3.8, 4) is 5.69 Å². The third-order valence-corrected chi connectivity index (χ3v) is 8.66. The number of benzene rings is 3. The lowest BCUT2D eigenvalue weighted by molar-refractivity contribution is -0.119. The van der Waals surface area contributed by atoms with Crippen LogP contribution in [-0.4, -0.2) is 31.7 Å². The maximum Gasteiger partial charge on any atom is 0.264 e. The Bertz CT molecular complexity index is 1650. The number of halogens is 2. The summed E-state index contributed by atoms with van der Waals surface area (Å²) in [5.74, 6) is -0.625. The summed E-state index contributed by atoms with van der Waals surface area (Å²) in [6.45, 7) is 7.58. The summed E-state index contributed by atoms with van der Waals surface area (Å²) >= 11 is 12.2. The smallest absolute Gasteiger partial charge is 0.264 e. The third kappa shape index (κ3) is 6.36. The fraction of sp³-hybridized carbons (Fsp3) is 0.172. The molecule has 1 aromatic heterocycles. The van der Waals surface area contributed by atoms with Gasteiger partial charge in [0.05, 0.1) is 26.8 Å². The topological polar surface area (TPSA) is 83.8 Å². The van der Waals surface area contributed by atoms with Crippen LogP contribution in [-0.2, 0) is 14.8 Å². The maximum atomic E-state index is 13.5. The summed E-state index contributed by atoms with van der Waals surface area (Å²) in [4.78, 5) is 12.9. The summed E-state index contributed by atoms with van der Waals surface area (Å²) < 4.78 is 30.0. The van der Waals surface area contributed by atoms with E-state index in [0.717, 1.165) is 38.1 Å². The number of aromatic nitrogens is 1. The molecule has 0 spiro atoms. The number of sulfonamides is 1. The van der Waals surface area contributed by atoms with Crippen LogP contribution >= 0.6 is 23.2 Å². The number of nitrogens with one attached hydrogen (secondary N) is 1. The maximum absolute atomic E-state index is 13.5. The van der Waals surface area contributed by atoms with Gasteiger partial charge in [0.1, 0.15) is 6.54 Å². The fourth-order valence-electron chi connectivity index (χ4n) is 4.41. The minimum absolute atomic E-state index is 0.0335. The molecule has 1 heterocycles. The van der Waals surface area contributed by atoms with Gasteiger partial charge in [-0.2, -0.15) is 5.10 Å². The molecule has 0 fully saturated rings. The van der Waals surface area contributed by atoms with Gasteiger partial charge in [0.25, 0.3) is 15.9 Å². The molecule has 39 heavy (non-hydrogen) atoms. The van der Waals surface area contributed by atoms with Crippen LogP contribution in [0.2, 0.25) is 10.0 Å². The van der Waals surface area contributed by atoms with Gasteiger partial charge in [-0.05, 0) is 87.4 Å². The zero-order valence-electron chi connectivity index (χ0n) is 21.9. The molecular formula is C29H28Cl2N4O3S. The van der Waals surface area contributed by atoms with Crippen LogP contribution in [0.5, 0.6) is 0 Å². The Morgan fingerprint density at radius 1 is 0.923 bits per heavy atom. The average Bonchev–Trinajstić information content (AvgIpc) is 3.16. The van der Waals surface area contributed by atoms with Gasteiger partial charge >= 0.3 is 0 Å². The number of anilines is 1. The minimum atomic E-state index is -4.09. The predicted molar refractivity (Wildman–Crippen MR) is 158 cm³/mol. The highest BCUT2D eigenvalue weighted by molar-refractivity contribution is 7.92. The van der Waals surface area contributed by atoms with Gasteiger partial charge in [-0.25, -0.2) is 13.8 Å². The molecule has 1 amide bonds. The predicted octanol–water partition coefficient (Wildman–Crippen LogP) is 6.36. The van der Waals surface area contributed by atoms with Crippen LogP contribution in [0.3, 0.4) is 0 Å². The van der Waals surface area contributed by atoms with Gasteiger partial charge in [0.2, 0.25) is 0 Å². The second-order valence-corrected chi connectivity index (χ2v) is 11.9. The summed E-state index contributed by atoms with van der Waals surface area (Å²) in [5.41, 5.74) is 8.83. The van der Waals surface area contributed by atoms with E-state index in [-0.39, 0.29) is 20.6 Å². The van der Waals surface area contributed by atoms with Crippen molar-refractivity contribution in [2.45, 2.75) is 32.6 Å². The number of carbonyl (C=O) groups excluding carboxylic acids is 1. The monoisotopic (exact) mass is 582 g/mol. The molecule has 1 N–H and O–H groups in total. The SMILES string of the molecule is Cc1cc(C)cc(-n2c(C)cc(/C=N/NC(=O)CN(c3ccc(Cl)c(Cl)c3)S(=O)(=O)c3ccccc3)c2C)c1. The minimum Gasteiger partial charge on any atom is -0.318 e. The van der Waals surface area contributed by atoms with Crippen molar-refractivity contribution in [1.82, 2.24) is 9.99 Å². The lowest BCUT2D eigenvalue weighted by Crippen LogP contribution is -2.39. The Hall–Kier alpha value is -3.59. The first kappa shape index (κ1) is 28.4.